The molecule has 3 fully saturated rings. The third-order valence-electron chi connectivity index (χ3n) is 6.05. The standard InChI is InChI=1S/C20H30N6O2/c27-19(16-6-3-9-21-16)22-13-15-5-4-12-26(14-15)20(28)17-7-8-18(24-23-17)25-10-1-2-11-25/h7-8,15-16,21H,1-6,9-14H2,(H,22,27). The average Bonchev–Trinajstić information content (AvgIpc) is 3.46. The van der Waals surface area contributed by atoms with E-state index in [4.69, 9.17) is 0 Å². The molecule has 4 rings (SSSR count). The van der Waals surface area contributed by atoms with Crippen LogP contribution in [0.15, 0.2) is 12.1 Å². The van der Waals surface area contributed by atoms with Gasteiger partial charge in [0.2, 0.25) is 5.91 Å². The third kappa shape index (κ3) is 4.43. The molecule has 4 heterocycles. The number of nitrogens with zero attached hydrogens (tertiary/aromatic N) is 4. The van der Waals surface area contributed by atoms with Gasteiger partial charge in [0.15, 0.2) is 11.5 Å². The Morgan fingerprint density at radius 1 is 1.07 bits per heavy atom. The minimum atomic E-state index is -0.0611. The Morgan fingerprint density at radius 3 is 2.64 bits per heavy atom. The summed E-state index contributed by atoms with van der Waals surface area (Å²) in [6.45, 7) is 4.97. The first-order chi connectivity index (χ1) is 13.7. The molecule has 8 heteroatoms. The van der Waals surface area contributed by atoms with Crippen LogP contribution in [0.4, 0.5) is 5.82 Å². The van der Waals surface area contributed by atoms with Crippen LogP contribution in [0, 0.1) is 5.92 Å². The lowest BCUT2D eigenvalue weighted by atomic mass is 9.97. The molecule has 0 aliphatic carbocycles. The predicted octanol–water partition coefficient (Wildman–Crippen LogP) is 0.797. The van der Waals surface area contributed by atoms with E-state index in [0.29, 0.717) is 24.7 Å². The Morgan fingerprint density at radius 2 is 1.93 bits per heavy atom. The van der Waals surface area contributed by atoms with E-state index in [1.165, 1.54) is 12.8 Å². The highest BCUT2D eigenvalue weighted by atomic mass is 16.2. The number of hydrogen-bond donors (Lipinski definition) is 2. The van der Waals surface area contributed by atoms with Gasteiger partial charge in [0.1, 0.15) is 0 Å². The molecule has 0 saturated carbocycles. The van der Waals surface area contributed by atoms with Crippen LogP contribution in [0.25, 0.3) is 0 Å². The van der Waals surface area contributed by atoms with Crippen molar-refractivity contribution >= 4 is 17.6 Å². The molecule has 1 aromatic rings. The number of nitrogens with one attached hydrogen (secondary N) is 2. The summed E-state index contributed by atoms with van der Waals surface area (Å²) in [5.41, 5.74) is 0.405. The summed E-state index contributed by atoms with van der Waals surface area (Å²) >= 11 is 0. The van der Waals surface area contributed by atoms with Crippen molar-refractivity contribution in [3.63, 3.8) is 0 Å². The molecule has 2 amide bonds. The fourth-order valence-corrected chi connectivity index (χ4v) is 4.41. The first-order valence-electron chi connectivity index (χ1n) is 10.6. The van der Waals surface area contributed by atoms with Gasteiger partial charge in [-0.15, -0.1) is 10.2 Å². The van der Waals surface area contributed by atoms with E-state index < -0.39 is 0 Å². The zero-order chi connectivity index (χ0) is 19.3. The van der Waals surface area contributed by atoms with E-state index in [2.05, 4.69) is 25.7 Å². The number of amides is 2. The lowest BCUT2D eigenvalue weighted by Gasteiger charge is -2.32. The van der Waals surface area contributed by atoms with Gasteiger partial charge in [0.25, 0.3) is 5.91 Å². The maximum absolute atomic E-state index is 12.8. The molecule has 0 aromatic carbocycles. The summed E-state index contributed by atoms with van der Waals surface area (Å²) in [4.78, 5) is 29.1. The molecule has 3 saturated heterocycles. The van der Waals surface area contributed by atoms with Crippen molar-refractivity contribution in [2.24, 2.45) is 5.92 Å². The minimum absolute atomic E-state index is 0.0503. The SMILES string of the molecule is O=C(NCC1CCCN(C(=O)c2ccc(N3CCCC3)nn2)C1)C1CCCN1. The average molecular weight is 387 g/mol. The first kappa shape index (κ1) is 19.1. The fourth-order valence-electron chi connectivity index (χ4n) is 4.41. The molecule has 152 valence electrons. The van der Waals surface area contributed by atoms with Crippen molar-refractivity contribution in [3.8, 4) is 0 Å². The molecule has 0 spiro atoms. The number of likely N-dealkylation sites (tertiary alicyclic amines) is 1. The van der Waals surface area contributed by atoms with Crippen LogP contribution in [-0.4, -0.2) is 72.2 Å². The molecular formula is C20H30N6O2. The molecule has 0 radical (unpaired) electrons. The number of anilines is 1. The van der Waals surface area contributed by atoms with Crippen LogP contribution < -0.4 is 15.5 Å². The van der Waals surface area contributed by atoms with Crippen LogP contribution in [-0.2, 0) is 4.79 Å². The van der Waals surface area contributed by atoms with Crippen molar-refractivity contribution in [1.82, 2.24) is 25.7 Å². The number of aromatic nitrogens is 2. The summed E-state index contributed by atoms with van der Waals surface area (Å²) in [6.07, 6.45) is 6.32. The number of carbonyl (C=O) groups is 2. The molecule has 1 aromatic heterocycles. The molecular weight excluding hydrogens is 356 g/mol. The Hall–Kier alpha value is -2.22. The van der Waals surface area contributed by atoms with Crippen molar-refractivity contribution in [2.45, 2.75) is 44.6 Å². The van der Waals surface area contributed by atoms with Crippen molar-refractivity contribution in [3.05, 3.63) is 17.8 Å². The monoisotopic (exact) mass is 386 g/mol. The van der Waals surface area contributed by atoms with E-state index in [9.17, 15) is 9.59 Å². The summed E-state index contributed by atoms with van der Waals surface area (Å²) in [7, 11) is 0. The van der Waals surface area contributed by atoms with E-state index in [1.54, 1.807) is 6.07 Å². The van der Waals surface area contributed by atoms with Gasteiger partial charge in [-0.1, -0.05) is 0 Å². The minimum Gasteiger partial charge on any atom is -0.355 e. The first-order valence-corrected chi connectivity index (χ1v) is 10.6. The van der Waals surface area contributed by atoms with Gasteiger partial charge in [0.05, 0.1) is 6.04 Å². The predicted molar refractivity (Wildman–Crippen MR) is 106 cm³/mol. The Kier molecular flexibility index (Phi) is 6.04. The van der Waals surface area contributed by atoms with E-state index in [1.807, 2.05) is 11.0 Å². The van der Waals surface area contributed by atoms with Gasteiger partial charge >= 0.3 is 0 Å². The molecule has 2 unspecified atom stereocenters. The number of hydrogen-bond acceptors (Lipinski definition) is 6. The Bertz CT molecular complexity index is 682. The molecule has 28 heavy (non-hydrogen) atoms. The fraction of sp³-hybridized carbons (Fsp3) is 0.700. The van der Waals surface area contributed by atoms with Gasteiger partial charge in [0, 0.05) is 32.7 Å². The highest BCUT2D eigenvalue weighted by Gasteiger charge is 2.27. The van der Waals surface area contributed by atoms with Gasteiger partial charge in [-0.05, 0) is 63.1 Å². The van der Waals surface area contributed by atoms with Gasteiger partial charge in [-0.2, -0.15) is 0 Å². The summed E-state index contributed by atoms with van der Waals surface area (Å²) in [5.74, 6) is 1.17. The summed E-state index contributed by atoms with van der Waals surface area (Å²) in [6, 6.07) is 3.65. The van der Waals surface area contributed by atoms with Crippen molar-refractivity contribution in [2.75, 3.05) is 44.2 Å². The van der Waals surface area contributed by atoms with Crippen LogP contribution >= 0.6 is 0 Å². The largest absolute Gasteiger partial charge is 0.355 e. The van der Waals surface area contributed by atoms with Crippen molar-refractivity contribution in [1.29, 1.82) is 0 Å². The van der Waals surface area contributed by atoms with Crippen LogP contribution in [0.3, 0.4) is 0 Å². The van der Waals surface area contributed by atoms with E-state index in [0.717, 1.165) is 57.7 Å². The summed E-state index contributed by atoms with van der Waals surface area (Å²) in [5, 5.41) is 14.7. The number of piperidine rings is 1. The van der Waals surface area contributed by atoms with Gasteiger partial charge in [-0.25, -0.2) is 0 Å². The second-order valence-electron chi connectivity index (χ2n) is 8.12. The van der Waals surface area contributed by atoms with Gasteiger partial charge in [-0.3, -0.25) is 9.59 Å². The van der Waals surface area contributed by atoms with Crippen LogP contribution in [0.5, 0.6) is 0 Å². The maximum atomic E-state index is 12.8. The lowest BCUT2D eigenvalue weighted by molar-refractivity contribution is -0.123. The Balaban J connectivity index is 1.29. The van der Waals surface area contributed by atoms with E-state index >= 15 is 0 Å². The third-order valence-corrected chi connectivity index (χ3v) is 6.05. The Labute approximate surface area is 166 Å². The molecule has 8 nitrogen and oxygen atoms in total. The highest BCUT2D eigenvalue weighted by molar-refractivity contribution is 5.92. The number of rotatable bonds is 5. The van der Waals surface area contributed by atoms with E-state index in [-0.39, 0.29) is 17.9 Å². The number of carbonyl (C=O) groups excluding carboxylic acids is 2. The normalized spacial score (nSPS) is 25.1. The maximum Gasteiger partial charge on any atom is 0.274 e. The summed E-state index contributed by atoms with van der Waals surface area (Å²) < 4.78 is 0. The van der Waals surface area contributed by atoms with Crippen LogP contribution in [0.2, 0.25) is 0 Å². The zero-order valence-electron chi connectivity index (χ0n) is 16.4. The molecule has 2 N–H and O–H groups in total. The quantitative estimate of drug-likeness (QED) is 0.778. The second kappa shape index (κ2) is 8.86. The zero-order valence-corrected chi connectivity index (χ0v) is 16.4. The molecule has 3 aliphatic heterocycles. The second-order valence-corrected chi connectivity index (χ2v) is 8.12. The smallest absolute Gasteiger partial charge is 0.274 e. The van der Waals surface area contributed by atoms with Gasteiger partial charge < -0.3 is 20.4 Å². The lowest BCUT2D eigenvalue weighted by Crippen LogP contribution is -2.46. The van der Waals surface area contributed by atoms with Crippen LogP contribution in [0.1, 0.15) is 49.0 Å². The molecule has 3 aliphatic rings. The molecule has 0 bridgehead atoms. The highest BCUT2D eigenvalue weighted by Crippen LogP contribution is 2.20. The molecule has 2 atom stereocenters. The topological polar surface area (TPSA) is 90.5 Å². The van der Waals surface area contributed by atoms with Crippen molar-refractivity contribution < 1.29 is 9.59 Å².